The van der Waals surface area contributed by atoms with Gasteiger partial charge in [-0.1, -0.05) is 0 Å². The van der Waals surface area contributed by atoms with Gasteiger partial charge in [-0.05, 0) is 0 Å². The van der Waals surface area contributed by atoms with Gasteiger partial charge in [-0.2, -0.15) is 0 Å². The molecule has 0 saturated heterocycles. The van der Waals surface area contributed by atoms with Gasteiger partial charge in [0.1, 0.15) is 0 Å². The predicted octanol–water partition coefficient (Wildman–Crippen LogP) is 2.99. The van der Waals surface area contributed by atoms with Crippen molar-refractivity contribution in [2.24, 2.45) is 0 Å². The Morgan fingerprint density at radius 3 is 2.08 bits per heavy atom. The van der Waals surface area contributed by atoms with Crippen LogP contribution in [0.15, 0.2) is 0 Å². The molecule has 0 aromatic heterocycles. The van der Waals surface area contributed by atoms with E-state index in [1.807, 2.05) is 0 Å². The van der Waals surface area contributed by atoms with Crippen LogP contribution in [0.3, 0.4) is 0 Å². The van der Waals surface area contributed by atoms with E-state index in [0.717, 1.165) is 0 Å². The van der Waals surface area contributed by atoms with E-state index in [-0.39, 0.29) is 12.6 Å². The molecular weight excluding hydrogens is 283 g/mol. The van der Waals surface area contributed by atoms with E-state index in [9.17, 15) is 4.79 Å². The van der Waals surface area contributed by atoms with Crippen LogP contribution < -0.4 is 0 Å². The Balaban J connectivity index is 4.14. The van der Waals surface area contributed by atoms with Crippen LogP contribution in [0.25, 0.3) is 0 Å². The molecule has 2 nitrogen and oxygen atoms in total. The fourth-order valence-electron chi connectivity index (χ4n) is 0.364. The van der Waals surface area contributed by atoms with Crippen molar-refractivity contribution >= 4 is 46.5 Å². The average Bonchev–Trinajstić information content (AvgIpc) is 1.81. The van der Waals surface area contributed by atoms with Gasteiger partial charge in [0, 0.05) is 0 Å². The summed E-state index contributed by atoms with van der Waals surface area (Å²) in [5, 5.41) is 0. The van der Waals surface area contributed by atoms with Crippen molar-refractivity contribution in [2.45, 2.75) is 25.0 Å². The average molecular weight is 294 g/mol. The number of carbonyl (C=O) groups excluding carboxylic acids is 1. The van der Waals surface area contributed by atoms with Crippen molar-refractivity contribution in [3.63, 3.8) is 0 Å². The van der Waals surface area contributed by atoms with Crippen LogP contribution in [-0.2, 0) is 9.53 Å². The van der Waals surface area contributed by atoms with Gasteiger partial charge in [0.2, 0.25) is 0 Å². The summed E-state index contributed by atoms with van der Waals surface area (Å²) in [6.07, 6.45) is 0. The zero-order valence-electron chi connectivity index (χ0n) is 7.16. The summed E-state index contributed by atoms with van der Waals surface area (Å²) < 4.78 is 4.30. The minimum absolute atomic E-state index is 0.179. The van der Waals surface area contributed by atoms with E-state index in [4.69, 9.17) is 34.8 Å². The van der Waals surface area contributed by atoms with Crippen molar-refractivity contribution in [1.82, 2.24) is 0 Å². The number of carbonyl (C=O) groups is 1. The maximum absolute atomic E-state index is 10.5. The number of ether oxygens (including phenoxy) is 1. The van der Waals surface area contributed by atoms with Crippen molar-refractivity contribution in [3.8, 4) is 0 Å². The Hall–Kier alpha value is 0.883. The molecule has 0 radical (unpaired) electrons. The number of esters is 1. The Morgan fingerprint density at radius 1 is 1.42 bits per heavy atom. The third kappa shape index (κ3) is 4.21. The molecule has 0 N–H and O–H groups in total. The quantitative estimate of drug-likeness (QED) is 0.591. The number of halogens is 3. The Labute approximate surface area is 87.4 Å². The maximum atomic E-state index is 10.5. The molecule has 0 fully saturated rings. The first-order valence-electron chi connectivity index (χ1n) is 3.37. The summed E-state index contributed by atoms with van der Waals surface area (Å²) >= 11 is 0. The second-order valence-electron chi connectivity index (χ2n) is 3.16. The molecule has 72 valence electrons. The normalized spacial score (nSPS) is 12.8. The van der Waals surface area contributed by atoms with E-state index in [1.54, 1.807) is 13.8 Å². The molecule has 0 rings (SSSR count). The molecule has 12 heavy (non-hydrogen) atoms. The van der Waals surface area contributed by atoms with Gasteiger partial charge in [0.05, 0.1) is 0 Å². The molecule has 0 amide bonds. The van der Waals surface area contributed by atoms with E-state index in [2.05, 4.69) is 0 Å². The van der Waals surface area contributed by atoms with Crippen LogP contribution in [0.5, 0.6) is 0 Å². The minimum atomic E-state index is -3.30. The molecule has 0 heterocycles. The summed E-state index contributed by atoms with van der Waals surface area (Å²) in [7, 11) is 14.2. The van der Waals surface area contributed by atoms with Gasteiger partial charge >= 0.3 is 87.6 Å². The molecular formula is C6H11Cl3GeO2. The van der Waals surface area contributed by atoms with Crippen LogP contribution in [0.2, 0.25) is 4.25 Å². The molecule has 0 aromatic rings. The molecule has 0 bridgehead atoms. The summed E-state index contributed by atoms with van der Waals surface area (Å²) in [4.78, 5) is 10.5. The van der Waals surface area contributed by atoms with Crippen LogP contribution in [0, 0.1) is 0 Å². The van der Waals surface area contributed by atoms with Crippen LogP contribution >= 0.6 is 30.0 Å². The predicted molar refractivity (Wildman–Crippen MR) is 54.0 cm³/mol. The summed E-state index contributed by atoms with van der Waals surface area (Å²) in [6, 6.07) is 0. The van der Waals surface area contributed by atoms with Gasteiger partial charge in [0.25, 0.3) is 0 Å². The SMILES string of the molecule is CC(=O)OC[C](C)(C)[Ge]([Cl])([Cl])[Cl]. The van der Waals surface area contributed by atoms with E-state index >= 15 is 0 Å². The van der Waals surface area contributed by atoms with Crippen molar-refractivity contribution < 1.29 is 9.53 Å². The zero-order chi connectivity index (χ0) is 9.99. The Morgan fingerprint density at radius 2 is 1.83 bits per heavy atom. The molecule has 0 spiro atoms. The van der Waals surface area contributed by atoms with Gasteiger partial charge in [-0.3, -0.25) is 0 Å². The summed E-state index contributed by atoms with van der Waals surface area (Å²) in [5.41, 5.74) is 0. The molecule has 0 unspecified atom stereocenters. The molecule has 0 aliphatic carbocycles. The standard InChI is InChI=1S/C6H11Cl3GeO2/c1-5(11)12-4-6(2,3)10(7,8)9/h4H2,1-3H3. The second-order valence-corrected chi connectivity index (χ2v) is 19.9. The van der Waals surface area contributed by atoms with E-state index in [0.29, 0.717) is 0 Å². The zero-order valence-corrected chi connectivity index (χ0v) is 11.5. The van der Waals surface area contributed by atoms with Crippen molar-refractivity contribution in [2.75, 3.05) is 6.61 Å². The molecule has 0 aromatic carbocycles. The second kappa shape index (κ2) is 4.40. The molecule has 0 atom stereocenters. The van der Waals surface area contributed by atoms with E-state index in [1.165, 1.54) is 6.92 Å². The summed E-state index contributed by atoms with van der Waals surface area (Å²) in [6.45, 7) is 5.10. The first-order chi connectivity index (χ1) is 5.17. The number of hydrogen-bond donors (Lipinski definition) is 0. The van der Waals surface area contributed by atoms with Crippen LogP contribution in [-0.4, -0.2) is 23.1 Å². The van der Waals surface area contributed by atoms with Gasteiger partial charge in [-0.15, -0.1) is 0 Å². The first-order valence-corrected chi connectivity index (χ1v) is 12.7. The molecule has 0 aliphatic rings. The Kier molecular flexibility index (Phi) is 4.72. The first kappa shape index (κ1) is 12.9. The molecule has 6 heteroatoms. The van der Waals surface area contributed by atoms with Gasteiger partial charge in [-0.25, -0.2) is 0 Å². The monoisotopic (exact) mass is 294 g/mol. The number of rotatable bonds is 3. The Bertz CT molecular complexity index is 176. The van der Waals surface area contributed by atoms with Crippen molar-refractivity contribution in [3.05, 3.63) is 0 Å². The fourth-order valence-corrected chi connectivity index (χ4v) is 1.71. The van der Waals surface area contributed by atoms with E-state index < -0.39 is 14.7 Å². The molecule has 0 saturated carbocycles. The van der Waals surface area contributed by atoms with Gasteiger partial charge < -0.3 is 0 Å². The van der Waals surface area contributed by atoms with Crippen molar-refractivity contribution in [1.29, 1.82) is 0 Å². The topological polar surface area (TPSA) is 26.3 Å². The number of hydrogen-bond acceptors (Lipinski definition) is 2. The fraction of sp³-hybridized carbons (Fsp3) is 0.833. The third-order valence-corrected chi connectivity index (χ3v) is 12.9. The van der Waals surface area contributed by atoms with Gasteiger partial charge in [0.15, 0.2) is 0 Å². The summed E-state index contributed by atoms with van der Waals surface area (Å²) in [5.74, 6) is -0.347. The van der Waals surface area contributed by atoms with Crippen LogP contribution in [0.1, 0.15) is 20.8 Å². The third-order valence-electron chi connectivity index (χ3n) is 1.40. The molecule has 0 aliphatic heterocycles. The van der Waals surface area contributed by atoms with Crippen LogP contribution in [0.4, 0.5) is 0 Å².